The Morgan fingerprint density at radius 1 is 1.18 bits per heavy atom. The van der Waals surface area contributed by atoms with E-state index in [1.165, 1.54) is 6.92 Å². The molecule has 4 rings (SSSR count). The molecule has 4 atom stereocenters. The lowest BCUT2D eigenvalue weighted by Crippen LogP contribution is -2.55. The second-order valence-electron chi connectivity index (χ2n) is 10.9. The van der Waals surface area contributed by atoms with E-state index in [2.05, 4.69) is 12.1 Å². The maximum Gasteiger partial charge on any atom is 0.410 e. The zero-order valence-electron chi connectivity index (χ0n) is 20.4. The highest BCUT2D eigenvalue weighted by molar-refractivity contribution is 6.03. The average Bonchev–Trinajstić information content (AvgIpc) is 3.20. The highest BCUT2D eigenvalue weighted by Crippen LogP contribution is 2.58. The molecule has 2 fully saturated rings. The second-order valence-corrected chi connectivity index (χ2v) is 10.9. The monoisotopic (exact) mass is 465 g/mol. The highest BCUT2D eigenvalue weighted by atomic mass is 16.6. The Morgan fingerprint density at radius 2 is 1.85 bits per heavy atom. The summed E-state index contributed by atoms with van der Waals surface area (Å²) < 4.78 is 10.9. The minimum atomic E-state index is -1.34. The van der Waals surface area contributed by atoms with Crippen molar-refractivity contribution in [3.63, 3.8) is 0 Å². The summed E-state index contributed by atoms with van der Waals surface area (Å²) in [5.41, 5.74) is 0.873. The summed E-state index contributed by atoms with van der Waals surface area (Å²) in [6.45, 7) is 8.59. The molecule has 8 heteroatoms. The predicted octanol–water partition coefficient (Wildman–Crippen LogP) is 3.98. The van der Waals surface area contributed by atoms with Gasteiger partial charge >= 0.3 is 12.1 Å². The SMILES string of the molecule is CC(=O)OCC1=C2CC(C#N)(C#N)C3CC4CC[C@@H]([C@@H]3C(C)=C2CC1=O)N4C(=O)OC(C)(C)C. The zero-order valence-corrected chi connectivity index (χ0v) is 20.4. The Hall–Kier alpha value is -3.13. The fraction of sp³-hybridized carbons (Fsp3) is 0.654. The van der Waals surface area contributed by atoms with E-state index < -0.39 is 17.0 Å². The number of carbonyl (C=O) groups excluding carboxylic acids is 3. The molecule has 34 heavy (non-hydrogen) atoms. The minimum Gasteiger partial charge on any atom is -0.461 e. The van der Waals surface area contributed by atoms with Crippen molar-refractivity contribution >= 4 is 17.8 Å². The molecule has 0 N–H and O–H groups in total. The molecule has 0 aromatic rings. The normalized spacial score (nSPS) is 29.6. The summed E-state index contributed by atoms with van der Waals surface area (Å²) in [5, 5.41) is 20.6. The number of hydrogen-bond donors (Lipinski definition) is 0. The first kappa shape index (κ1) is 24.0. The Kier molecular flexibility index (Phi) is 5.84. The van der Waals surface area contributed by atoms with Gasteiger partial charge in [-0.15, -0.1) is 0 Å². The standard InChI is InChI=1S/C26H31N3O5/c1-14-17-9-22(31)19(11-33-15(2)30)18(17)10-26(12-27,13-28)20-8-16-6-7-21(23(14)20)29(16)24(32)34-25(3,4)5/h16,20-21,23H,6-11H2,1-5H3/t16?,20?,21-,23+/m0/s1. The van der Waals surface area contributed by atoms with Crippen molar-refractivity contribution in [1.29, 1.82) is 10.5 Å². The van der Waals surface area contributed by atoms with Crippen molar-refractivity contribution in [3.8, 4) is 12.1 Å². The third-order valence-electron chi connectivity index (χ3n) is 7.81. The Morgan fingerprint density at radius 3 is 2.44 bits per heavy atom. The summed E-state index contributed by atoms with van der Waals surface area (Å²) in [4.78, 5) is 39.3. The molecule has 1 amide bonds. The molecule has 2 unspecified atom stereocenters. The van der Waals surface area contributed by atoms with Gasteiger partial charge in [0, 0.05) is 49.3 Å². The Balaban J connectivity index is 1.83. The number of piperidine rings is 1. The maximum absolute atomic E-state index is 13.2. The predicted molar refractivity (Wildman–Crippen MR) is 121 cm³/mol. The number of allylic oxidation sites excluding steroid dienone is 2. The van der Waals surface area contributed by atoms with E-state index in [1.54, 1.807) is 0 Å². The van der Waals surface area contributed by atoms with Crippen molar-refractivity contribution in [1.82, 2.24) is 4.90 Å². The van der Waals surface area contributed by atoms with Gasteiger partial charge in [-0.3, -0.25) is 9.59 Å². The molecule has 2 bridgehead atoms. The van der Waals surface area contributed by atoms with Gasteiger partial charge in [-0.1, -0.05) is 5.57 Å². The molecule has 2 saturated heterocycles. The molecule has 2 aliphatic heterocycles. The van der Waals surface area contributed by atoms with Crippen molar-refractivity contribution < 1.29 is 23.9 Å². The highest BCUT2D eigenvalue weighted by Gasteiger charge is 2.59. The molecule has 0 aromatic heterocycles. The second kappa shape index (κ2) is 8.27. The van der Waals surface area contributed by atoms with Crippen LogP contribution in [-0.2, 0) is 19.1 Å². The fourth-order valence-electron chi connectivity index (χ4n) is 6.44. The topological polar surface area (TPSA) is 120 Å². The van der Waals surface area contributed by atoms with Crippen LogP contribution in [0, 0.1) is 39.9 Å². The molecule has 2 aliphatic carbocycles. The number of Topliss-reactive ketones (excluding diaryl/α,β-unsaturated/α-hetero) is 1. The van der Waals surface area contributed by atoms with E-state index in [1.807, 2.05) is 32.6 Å². The summed E-state index contributed by atoms with van der Waals surface area (Å²) in [5.74, 6) is -1.12. The van der Waals surface area contributed by atoms with Crippen LogP contribution in [0.4, 0.5) is 4.79 Å². The Labute approximate surface area is 200 Å². The summed E-state index contributed by atoms with van der Waals surface area (Å²) in [7, 11) is 0. The van der Waals surface area contributed by atoms with Gasteiger partial charge in [0.25, 0.3) is 0 Å². The number of ketones is 1. The van der Waals surface area contributed by atoms with Crippen LogP contribution in [0.3, 0.4) is 0 Å². The van der Waals surface area contributed by atoms with E-state index in [4.69, 9.17) is 9.47 Å². The molecule has 0 saturated carbocycles. The fourth-order valence-corrected chi connectivity index (χ4v) is 6.44. The van der Waals surface area contributed by atoms with Crippen LogP contribution in [0.15, 0.2) is 22.3 Å². The number of ether oxygens (including phenoxy) is 2. The zero-order chi connectivity index (χ0) is 25.0. The average molecular weight is 466 g/mol. The molecule has 180 valence electrons. The van der Waals surface area contributed by atoms with Crippen LogP contribution in [0.25, 0.3) is 0 Å². The van der Waals surface area contributed by atoms with Gasteiger partial charge in [0.1, 0.15) is 12.2 Å². The number of carbonyl (C=O) groups is 3. The number of fused-ring (bicyclic) bond motifs is 5. The molecular weight excluding hydrogens is 434 g/mol. The van der Waals surface area contributed by atoms with Crippen molar-refractivity contribution in [2.24, 2.45) is 17.3 Å². The molecule has 8 nitrogen and oxygen atoms in total. The number of amides is 1. The van der Waals surface area contributed by atoms with E-state index in [0.29, 0.717) is 17.6 Å². The largest absolute Gasteiger partial charge is 0.461 e. The third-order valence-corrected chi connectivity index (χ3v) is 7.81. The number of hydrogen-bond acceptors (Lipinski definition) is 7. The van der Waals surface area contributed by atoms with Gasteiger partial charge in [0.2, 0.25) is 0 Å². The van der Waals surface area contributed by atoms with Crippen LogP contribution >= 0.6 is 0 Å². The van der Waals surface area contributed by atoms with E-state index in [0.717, 1.165) is 24.0 Å². The number of esters is 1. The number of nitriles is 2. The lowest BCUT2D eigenvalue weighted by atomic mass is 9.63. The van der Waals surface area contributed by atoms with E-state index in [-0.39, 0.29) is 55.2 Å². The number of rotatable bonds is 2. The van der Waals surface area contributed by atoms with Gasteiger partial charge < -0.3 is 14.4 Å². The molecular formula is C26H31N3O5. The van der Waals surface area contributed by atoms with Crippen LogP contribution in [0.5, 0.6) is 0 Å². The first-order valence-electron chi connectivity index (χ1n) is 11.8. The quantitative estimate of drug-likeness (QED) is 0.566. The van der Waals surface area contributed by atoms with Crippen molar-refractivity contribution in [2.45, 2.75) is 84.4 Å². The van der Waals surface area contributed by atoms with Crippen LogP contribution in [0.1, 0.15) is 66.7 Å². The van der Waals surface area contributed by atoms with Gasteiger partial charge in [-0.05, 0) is 58.1 Å². The van der Waals surface area contributed by atoms with Crippen molar-refractivity contribution in [3.05, 3.63) is 22.3 Å². The van der Waals surface area contributed by atoms with Crippen LogP contribution < -0.4 is 0 Å². The minimum absolute atomic E-state index is 0.0888. The molecule has 4 aliphatic rings. The lowest BCUT2D eigenvalue weighted by molar-refractivity contribution is -0.140. The van der Waals surface area contributed by atoms with Gasteiger partial charge in [0.05, 0.1) is 12.1 Å². The van der Waals surface area contributed by atoms with Gasteiger partial charge in [0.15, 0.2) is 11.2 Å². The van der Waals surface area contributed by atoms with Gasteiger partial charge in [-0.2, -0.15) is 10.5 Å². The third kappa shape index (κ3) is 3.79. The van der Waals surface area contributed by atoms with E-state index in [9.17, 15) is 24.9 Å². The van der Waals surface area contributed by atoms with Gasteiger partial charge in [-0.25, -0.2) is 4.79 Å². The summed E-state index contributed by atoms with van der Waals surface area (Å²) >= 11 is 0. The van der Waals surface area contributed by atoms with Crippen LogP contribution in [0.2, 0.25) is 0 Å². The smallest absolute Gasteiger partial charge is 0.410 e. The lowest BCUT2D eigenvalue weighted by Gasteiger charge is -2.47. The molecule has 0 spiro atoms. The maximum atomic E-state index is 13.2. The van der Waals surface area contributed by atoms with Crippen molar-refractivity contribution in [2.75, 3.05) is 6.61 Å². The first-order chi connectivity index (χ1) is 15.9. The first-order valence-corrected chi connectivity index (χ1v) is 11.8. The summed E-state index contributed by atoms with van der Waals surface area (Å²) in [6.07, 6.45) is 2.02. The van der Waals surface area contributed by atoms with E-state index >= 15 is 0 Å². The Bertz CT molecular complexity index is 1080. The molecule has 0 aromatic carbocycles. The number of nitrogens with zero attached hydrogens (tertiary/aromatic N) is 3. The van der Waals surface area contributed by atoms with Crippen LogP contribution in [-0.4, -0.2) is 47.0 Å². The molecule has 2 heterocycles. The summed E-state index contributed by atoms with van der Waals surface area (Å²) in [6, 6.07) is 4.35. The molecule has 0 radical (unpaired) electrons.